The summed E-state index contributed by atoms with van der Waals surface area (Å²) in [5, 5.41) is 14.8. The third-order valence-corrected chi connectivity index (χ3v) is 5.51. The van der Waals surface area contributed by atoms with Gasteiger partial charge in [-0.3, -0.25) is 9.59 Å². The van der Waals surface area contributed by atoms with E-state index in [2.05, 4.69) is 91.7 Å². The topological polar surface area (TPSA) is 156 Å². The molecule has 0 aliphatic heterocycles. The van der Waals surface area contributed by atoms with Crippen molar-refractivity contribution in [3.05, 3.63) is 0 Å². The zero-order chi connectivity index (χ0) is 32.9. The predicted molar refractivity (Wildman–Crippen MR) is 214 cm³/mol. The number of aliphatic carboxylic acids is 2. The first kappa shape index (κ1) is 78.5. The highest BCUT2D eigenvalue weighted by atomic mass is 28.4. The lowest BCUT2D eigenvalue weighted by Gasteiger charge is -2.27. The number of hydrogen-bond donors (Lipinski definition) is 4. The molecule has 0 aromatic rings. The molecule has 42 heavy (non-hydrogen) atoms. The van der Waals surface area contributed by atoms with Gasteiger partial charge in [0, 0.05) is 30.0 Å². The Bertz CT molecular complexity index is 434. The molecule has 0 saturated heterocycles. The van der Waals surface area contributed by atoms with Gasteiger partial charge in [0.2, 0.25) is 0 Å². The average molecular weight is 722 g/mol. The summed E-state index contributed by atoms with van der Waals surface area (Å²) >= 11 is 0. The summed E-state index contributed by atoms with van der Waals surface area (Å²) in [4.78, 5) is 35.3. The van der Waals surface area contributed by atoms with Gasteiger partial charge < -0.3 is 29.4 Å². The van der Waals surface area contributed by atoms with Crippen molar-refractivity contribution in [3.8, 4) is 0 Å². The highest BCUT2D eigenvalue weighted by Gasteiger charge is 2.24. The van der Waals surface area contributed by atoms with E-state index in [4.69, 9.17) is 33.5 Å². The highest BCUT2D eigenvalue weighted by molar-refractivity contribution is 6.83. The van der Waals surface area contributed by atoms with E-state index in [1.54, 1.807) is 0 Å². The van der Waals surface area contributed by atoms with Crippen molar-refractivity contribution < 1.29 is 39.0 Å². The summed E-state index contributed by atoms with van der Waals surface area (Å²) in [6, 6.07) is 0. The lowest BCUT2D eigenvalue weighted by atomic mass is 10.9. The van der Waals surface area contributed by atoms with Crippen LogP contribution >= 0.6 is 0 Å². The van der Waals surface area contributed by atoms with Gasteiger partial charge in [0.05, 0.1) is 0 Å². The molecule has 8 nitrogen and oxygen atoms in total. The lowest BCUT2D eigenvalue weighted by molar-refractivity contribution is -0.135. The van der Waals surface area contributed by atoms with Crippen LogP contribution in [0.1, 0.15) is 43.6 Å². The standard InChI is InChI=1S/C6H18OSi2.2C4H12Si.2C3H10OSi.2C2H4O2.4CH4.H2O/c1-8(2,3)7-9(4,5)6;4*1-5(2,3)4;2*1-2(3)4;;;;;/h1-6H3;2*1-4H3;2*4H,1-3H3;2*1H3,(H,3,4);4*1H4;1H2. The van der Waals surface area contributed by atoms with E-state index in [0.29, 0.717) is 0 Å². The summed E-state index contributed by atoms with van der Waals surface area (Å²) in [6.45, 7) is 45.5. The average Bonchev–Trinajstić information content (AvgIpc) is 2.21. The fourth-order valence-corrected chi connectivity index (χ4v) is 8.27. The molecule has 0 saturated carbocycles. The van der Waals surface area contributed by atoms with Gasteiger partial charge in [-0.05, 0) is 78.6 Å². The molecule has 0 rings (SSSR count). The molecule has 0 fully saturated rings. The van der Waals surface area contributed by atoms with E-state index in [9.17, 15) is 0 Å². The lowest BCUT2D eigenvalue weighted by Crippen LogP contribution is -2.39. The van der Waals surface area contributed by atoms with Crippen LogP contribution in [-0.2, 0) is 13.7 Å². The number of carbonyl (C=O) groups is 2. The molecule has 6 N–H and O–H groups in total. The molecule has 0 aliphatic rings. The monoisotopic (exact) mass is 721 g/mol. The Morgan fingerprint density at radius 3 is 0.476 bits per heavy atom. The van der Waals surface area contributed by atoms with Gasteiger partial charge in [-0.15, -0.1) is 0 Å². The maximum absolute atomic E-state index is 9.00. The van der Waals surface area contributed by atoms with Gasteiger partial charge in [0.1, 0.15) is 0 Å². The fourth-order valence-electron chi connectivity index (χ4n) is 0.919. The zero-order valence-electron chi connectivity index (χ0n) is 29.5. The van der Waals surface area contributed by atoms with Crippen LogP contribution in [0, 0.1) is 0 Å². The first-order valence-electron chi connectivity index (χ1n) is 12.7. The maximum atomic E-state index is 9.00. The molecular formula is C28H88O8Si6. The first-order valence-corrected chi connectivity index (χ1v) is 34.4. The molecule has 0 aliphatic carbocycles. The maximum Gasteiger partial charge on any atom is 0.300 e. The van der Waals surface area contributed by atoms with Crippen molar-refractivity contribution in [2.45, 2.75) is 174 Å². The van der Waals surface area contributed by atoms with Gasteiger partial charge in [0.25, 0.3) is 11.9 Å². The number of carboxylic acid groups (broad SMARTS) is 2. The van der Waals surface area contributed by atoms with Crippen LogP contribution in [0.25, 0.3) is 0 Å². The minimum absolute atomic E-state index is 0. The number of hydrogen-bond acceptors (Lipinski definition) is 5. The predicted octanol–water partition coefficient (Wildman–Crippen LogP) is 10.1. The molecule has 0 amide bonds. The van der Waals surface area contributed by atoms with Crippen molar-refractivity contribution in [3.63, 3.8) is 0 Å². The zero-order valence-corrected chi connectivity index (χ0v) is 35.5. The Kier molecular flexibility index (Phi) is 66.4. The Morgan fingerprint density at radius 2 is 0.476 bits per heavy atom. The Balaban J connectivity index is -0.0000000250. The van der Waals surface area contributed by atoms with Gasteiger partial charge in [0.15, 0.2) is 33.3 Å². The Morgan fingerprint density at radius 1 is 0.429 bits per heavy atom. The van der Waals surface area contributed by atoms with E-state index in [-0.39, 0.29) is 35.2 Å². The molecule has 0 atom stereocenters. The van der Waals surface area contributed by atoms with Gasteiger partial charge in [-0.2, -0.15) is 0 Å². The van der Waals surface area contributed by atoms with Crippen molar-refractivity contribution >= 4 is 61.4 Å². The molecular weight excluding hydrogens is 633 g/mol. The summed E-state index contributed by atoms with van der Waals surface area (Å²) in [7, 11) is -6.91. The van der Waals surface area contributed by atoms with Crippen LogP contribution in [0.3, 0.4) is 0 Å². The van der Waals surface area contributed by atoms with Crippen LogP contribution in [0.15, 0.2) is 0 Å². The van der Waals surface area contributed by atoms with Crippen LogP contribution < -0.4 is 0 Å². The van der Waals surface area contributed by atoms with Crippen molar-refractivity contribution in [1.29, 1.82) is 0 Å². The van der Waals surface area contributed by atoms with Crippen molar-refractivity contribution in [2.75, 3.05) is 0 Å². The molecule has 0 aromatic heterocycles. The van der Waals surface area contributed by atoms with Crippen molar-refractivity contribution in [2.24, 2.45) is 0 Å². The van der Waals surface area contributed by atoms with Crippen LogP contribution in [0.2, 0.25) is 131 Å². The third-order valence-electron chi connectivity index (χ3n) is 0.612. The largest absolute Gasteiger partial charge is 0.481 e. The Labute approximate surface area is 274 Å². The normalized spacial score (nSPS) is 9.90. The molecule has 0 heterocycles. The molecule has 0 unspecified atom stereocenters. The first-order chi connectivity index (χ1) is 15.2. The summed E-state index contributed by atoms with van der Waals surface area (Å²) < 4.78 is 5.90. The van der Waals surface area contributed by atoms with Crippen LogP contribution in [-0.4, -0.2) is 86.6 Å². The van der Waals surface area contributed by atoms with E-state index in [1.165, 1.54) is 0 Å². The summed E-state index contributed by atoms with van der Waals surface area (Å²) in [6.07, 6.45) is 0. The van der Waals surface area contributed by atoms with E-state index >= 15 is 0 Å². The van der Waals surface area contributed by atoms with E-state index < -0.39 is 61.4 Å². The fraction of sp³-hybridized carbons (Fsp3) is 0.929. The molecule has 0 aromatic carbocycles. The molecule has 0 spiro atoms. The van der Waals surface area contributed by atoms with E-state index in [1.807, 2.05) is 39.3 Å². The molecule has 0 radical (unpaired) electrons. The quantitative estimate of drug-likeness (QED) is 0.207. The molecule has 0 bridgehead atoms. The minimum atomic E-state index is -1.61. The second kappa shape index (κ2) is 35.6. The number of carboxylic acids is 2. The van der Waals surface area contributed by atoms with Crippen LogP contribution in [0.5, 0.6) is 0 Å². The SMILES string of the molecule is C.C.C.C.CC(=O)O.CC(=O)O.C[Si](C)(C)C.C[Si](C)(C)C.C[Si](C)(C)O.C[Si](C)(C)O.C[Si](C)(C)O[Si](C)(C)C.O. The number of rotatable bonds is 2. The summed E-state index contributed by atoms with van der Waals surface area (Å²) in [5.41, 5.74) is 0. The summed E-state index contributed by atoms with van der Waals surface area (Å²) in [5.74, 6) is -1.67. The molecule has 14 heteroatoms. The van der Waals surface area contributed by atoms with Gasteiger partial charge in [-0.1, -0.05) is 82.1 Å². The second-order valence-electron chi connectivity index (χ2n) is 15.7. The smallest absolute Gasteiger partial charge is 0.300 e. The Hall–Kier alpha value is 0.0813. The van der Waals surface area contributed by atoms with E-state index in [0.717, 1.165) is 13.8 Å². The molecule has 272 valence electrons. The van der Waals surface area contributed by atoms with Gasteiger partial charge in [-0.25, -0.2) is 0 Å². The van der Waals surface area contributed by atoms with Gasteiger partial charge >= 0.3 is 0 Å². The van der Waals surface area contributed by atoms with Crippen LogP contribution in [0.4, 0.5) is 0 Å². The highest BCUT2D eigenvalue weighted by Crippen LogP contribution is 2.12. The van der Waals surface area contributed by atoms with Crippen molar-refractivity contribution in [1.82, 2.24) is 0 Å². The third kappa shape index (κ3) is 1660. The minimum Gasteiger partial charge on any atom is -0.481 e. The second-order valence-corrected chi connectivity index (χ2v) is 45.7.